The zero-order chi connectivity index (χ0) is 38.4. The maximum Gasteiger partial charge on any atom is 0.407 e. The van der Waals surface area contributed by atoms with Crippen LogP contribution in [0.3, 0.4) is 0 Å². The minimum absolute atomic E-state index is 0.0260. The molecule has 1 fully saturated rings. The molecular formula is C44H47FN6O4. The predicted octanol–water partition coefficient (Wildman–Crippen LogP) is 8.26. The quantitative estimate of drug-likeness (QED) is 0.140. The molecule has 0 spiro atoms. The number of hydrogen-bond acceptors (Lipinski definition) is 5. The van der Waals surface area contributed by atoms with Gasteiger partial charge in [-0.25, -0.2) is 14.2 Å². The Labute approximate surface area is 320 Å². The first-order chi connectivity index (χ1) is 26.6. The van der Waals surface area contributed by atoms with E-state index in [1.165, 1.54) is 28.7 Å². The molecule has 8 rings (SSSR count). The van der Waals surface area contributed by atoms with Crippen molar-refractivity contribution in [1.29, 1.82) is 0 Å². The number of imidazole rings is 1. The molecule has 0 saturated carbocycles. The van der Waals surface area contributed by atoms with Crippen LogP contribution >= 0.6 is 0 Å². The average Bonchev–Trinajstić information content (AvgIpc) is 3.99. The molecule has 3 aromatic carbocycles. The Morgan fingerprint density at radius 3 is 2.27 bits per heavy atom. The average molecular weight is 743 g/mol. The van der Waals surface area contributed by atoms with Gasteiger partial charge < -0.3 is 29.8 Å². The van der Waals surface area contributed by atoms with Gasteiger partial charge in [0.15, 0.2) is 0 Å². The number of amides is 3. The SMILES string of the molecule is CCc1cc(-c2ccc(-c3ccc(-c4cnc(C5CC(F)CN5C(=O)C(NC(=O)OC)C(C)C)[nH]4)cc3)cc2)[nH]c1C1Cc2cccc3c2N1C(=O)CCC3. The number of halogens is 1. The maximum absolute atomic E-state index is 14.8. The molecule has 3 amide bonds. The van der Waals surface area contributed by atoms with E-state index in [0.717, 1.165) is 70.7 Å². The molecule has 284 valence electrons. The summed E-state index contributed by atoms with van der Waals surface area (Å²) >= 11 is 0. The normalized spacial score (nSPS) is 19.7. The van der Waals surface area contributed by atoms with Crippen LogP contribution in [0.25, 0.3) is 33.6 Å². The van der Waals surface area contributed by atoms with Crippen LogP contribution < -0.4 is 10.2 Å². The summed E-state index contributed by atoms with van der Waals surface area (Å²) in [5.41, 5.74) is 12.0. The molecule has 5 aromatic rings. The Morgan fingerprint density at radius 1 is 0.927 bits per heavy atom. The fraction of sp³-hybridized carbons (Fsp3) is 0.364. The first-order valence-electron chi connectivity index (χ1n) is 19.3. The van der Waals surface area contributed by atoms with E-state index in [1.54, 1.807) is 6.20 Å². The number of aromatic nitrogens is 3. The number of rotatable bonds is 9. The Bertz CT molecular complexity index is 2230. The van der Waals surface area contributed by atoms with Crippen molar-refractivity contribution in [2.75, 3.05) is 18.6 Å². The number of hydrogen-bond donors (Lipinski definition) is 3. The third-order valence-corrected chi connectivity index (χ3v) is 11.5. The van der Waals surface area contributed by atoms with Gasteiger partial charge in [0, 0.05) is 30.7 Å². The summed E-state index contributed by atoms with van der Waals surface area (Å²) in [6.07, 6.45) is 4.01. The van der Waals surface area contributed by atoms with Crippen LogP contribution in [0.15, 0.2) is 79.0 Å². The number of aryl methyl sites for hydroxylation is 2. The number of likely N-dealkylation sites (tertiary alicyclic amines) is 1. The second-order valence-electron chi connectivity index (χ2n) is 15.3. The minimum atomic E-state index is -1.20. The molecule has 4 unspecified atom stereocenters. The van der Waals surface area contributed by atoms with Gasteiger partial charge >= 0.3 is 6.09 Å². The number of nitrogens with one attached hydrogen (secondary N) is 3. The number of alkyl carbamates (subject to hydrolysis) is 1. The largest absolute Gasteiger partial charge is 0.453 e. The number of benzene rings is 3. The minimum Gasteiger partial charge on any atom is -0.453 e. The number of nitrogens with zero attached hydrogens (tertiary/aromatic N) is 3. The first-order valence-corrected chi connectivity index (χ1v) is 19.3. The van der Waals surface area contributed by atoms with Crippen molar-refractivity contribution < 1.29 is 23.5 Å². The third kappa shape index (κ3) is 6.81. The second kappa shape index (κ2) is 14.8. The molecule has 5 heterocycles. The fourth-order valence-corrected chi connectivity index (χ4v) is 8.62. The molecule has 55 heavy (non-hydrogen) atoms. The summed E-state index contributed by atoms with van der Waals surface area (Å²) < 4.78 is 19.5. The molecule has 11 heteroatoms. The van der Waals surface area contributed by atoms with Gasteiger partial charge in [-0.05, 0) is 70.2 Å². The van der Waals surface area contributed by atoms with Gasteiger partial charge in [0.05, 0.1) is 43.3 Å². The van der Waals surface area contributed by atoms with Crippen LogP contribution in [-0.4, -0.2) is 63.6 Å². The number of anilines is 1. The third-order valence-electron chi connectivity index (χ3n) is 11.5. The number of H-pyrrole nitrogens is 2. The van der Waals surface area contributed by atoms with E-state index < -0.39 is 24.3 Å². The van der Waals surface area contributed by atoms with E-state index in [2.05, 4.69) is 92.8 Å². The molecule has 2 aromatic heterocycles. The van der Waals surface area contributed by atoms with Crippen molar-refractivity contribution in [1.82, 2.24) is 25.2 Å². The van der Waals surface area contributed by atoms with E-state index in [-0.39, 0.29) is 36.7 Å². The summed E-state index contributed by atoms with van der Waals surface area (Å²) in [7, 11) is 1.24. The van der Waals surface area contributed by atoms with Gasteiger partial charge in [-0.2, -0.15) is 0 Å². The molecule has 0 aliphatic carbocycles. The Balaban J connectivity index is 0.977. The smallest absolute Gasteiger partial charge is 0.407 e. The van der Waals surface area contributed by atoms with Crippen LogP contribution in [0.1, 0.15) is 80.3 Å². The zero-order valence-electron chi connectivity index (χ0n) is 31.7. The summed E-state index contributed by atoms with van der Waals surface area (Å²) in [5, 5.41) is 2.60. The summed E-state index contributed by atoms with van der Waals surface area (Å²) in [6.45, 7) is 5.75. The van der Waals surface area contributed by atoms with Gasteiger partial charge in [0.25, 0.3) is 0 Å². The van der Waals surface area contributed by atoms with Crippen LogP contribution in [0.2, 0.25) is 0 Å². The van der Waals surface area contributed by atoms with Crippen molar-refractivity contribution in [2.24, 2.45) is 5.92 Å². The zero-order valence-corrected chi connectivity index (χ0v) is 31.7. The van der Waals surface area contributed by atoms with Gasteiger partial charge in [-0.1, -0.05) is 87.5 Å². The highest BCUT2D eigenvalue weighted by molar-refractivity contribution is 5.98. The molecule has 0 radical (unpaired) electrons. The molecular weight excluding hydrogens is 696 g/mol. The summed E-state index contributed by atoms with van der Waals surface area (Å²) in [4.78, 5) is 54.1. The number of methoxy groups -OCH3 is 1. The van der Waals surface area contributed by atoms with E-state index in [9.17, 15) is 18.8 Å². The number of ether oxygens (including phenoxy) is 1. The highest BCUT2D eigenvalue weighted by atomic mass is 19.1. The number of alkyl halides is 1. The van der Waals surface area contributed by atoms with Gasteiger partial charge in [0.2, 0.25) is 11.8 Å². The molecule has 1 saturated heterocycles. The second-order valence-corrected chi connectivity index (χ2v) is 15.3. The first kappa shape index (κ1) is 36.3. The van der Waals surface area contributed by atoms with Crippen molar-refractivity contribution >= 4 is 23.6 Å². The van der Waals surface area contributed by atoms with Gasteiger partial charge in [-0.15, -0.1) is 0 Å². The lowest BCUT2D eigenvalue weighted by molar-refractivity contribution is -0.135. The highest BCUT2D eigenvalue weighted by Gasteiger charge is 2.42. The molecule has 0 bridgehead atoms. The van der Waals surface area contributed by atoms with Crippen molar-refractivity contribution in [2.45, 2.75) is 83.6 Å². The Morgan fingerprint density at radius 2 is 1.60 bits per heavy atom. The molecule has 4 atom stereocenters. The monoisotopic (exact) mass is 742 g/mol. The molecule has 3 aliphatic rings. The van der Waals surface area contributed by atoms with Crippen LogP contribution in [-0.2, 0) is 33.6 Å². The Hall–Kier alpha value is -5.71. The van der Waals surface area contributed by atoms with Crippen LogP contribution in [0.5, 0.6) is 0 Å². The lowest BCUT2D eigenvalue weighted by Gasteiger charge is -2.29. The van der Waals surface area contributed by atoms with E-state index in [1.807, 2.05) is 26.0 Å². The Kier molecular flexibility index (Phi) is 9.79. The summed E-state index contributed by atoms with van der Waals surface area (Å²) in [5.74, 6) is 0.125. The van der Waals surface area contributed by atoms with Gasteiger partial charge in [-0.3, -0.25) is 9.59 Å². The van der Waals surface area contributed by atoms with Crippen molar-refractivity contribution in [3.05, 3.63) is 107 Å². The molecule has 10 nitrogen and oxygen atoms in total. The number of aromatic amines is 2. The standard InChI is InChI=1S/C44H47FN6O4/c1-5-26-20-34(47-40(26)36-21-32-10-6-8-31-9-7-11-38(52)51(36)41(31)32)29-16-12-27(13-17-29)28-14-18-30(19-15-28)35-23-46-42(48-35)37-22-33(45)24-50(37)43(53)39(25(2)3)49-44(54)55-4/h6,8,10,12-20,23,25,33,36-37,39,47H,5,7,9,11,21-22,24H2,1-4H3,(H,46,48)(H,49,54). The number of carbonyl (C=O) groups is 3. The van der Waals surface area contributed by atoms with Crippen molar-refractivity contribution in [3.8, 4) is 33.6 Å². The van der Waals surface area contributed by atoms with Gasteiger partial charge in [0.1, 0.15) is 18.0 Å². The van der Waals surface area contributed by atoms with Crippen LogP contribution in [0.4, 0.5) is 14.9 Å². The van der Waals surface area contributed by atoms with E-state index in [0.29, 0.717) is 12.2 Å². The fourth-order valence-electron chi connectivity index (χ4n) is 8.62. The predicted molar refractivity (Wildman–Crippen MR) is 210 cm³/mol. The highest BCUT2D eigenvalue weighted by Crippen LogP contribution is 2.46. The lowest BCUT2D eigenvalue weighted by Crippen LogP contribution is -2.51. The number of carbonyl (C=O) groups excluding carboxylic acids is 3. The lowest BCUT2D eigenvalue weighted by atomic mass is 10.00. The number of para-hydroxylation sites is 1. The van der Waals surface area contributed by atoms with E-state index >= 15 is 0 Å². The summed E-state index contributed by atoms with van der Waals surface area (Å²) in [6, 6.07) is 23.9. The van der Waals surface area contributed by atoms with Crippen molar-refractivity contribution in [3.63, 3.8) is 0 Å². The molecule has 3 N–H and O–H groups in total. The van der Waals surface area contributed by atoms with Crippen LogP contribution in [0, 0.1) is 5.92 Å². The topological polar surface area (TPSA) is 123 Å². The maximum atomic E-state index is 14.8. The van der Waals surface area contributed by atoms with E-state index in [4.69, 9.17) is 4.74 Å². The molecule has 3 aliphatic heterocycles.